The molecular formula is C20H19N3O3. The van der Waals surface area contributed by atoms with Gasteiger partial charge in [-0.3, -0.25) is 9.59 Å². The predicted molar refractivity (Wildman–Crippen MR) is 98.5 cm³/mol. The number of nitrogens with zero attached hydrogens (tertiary/aromatic N) is 1. The van der Waals surface area contributed by atoms with E-state index in [1.54, 1.807) is 37.4 Å². The van der Waals surface area contributed by atoms with E-state index < -0.39 is 0 Å². The molecule has 0 atom stereocenters. The summed E-state index contributed by atoms with van der Waals surface area (Å²) in [6, 6.07) is 16.4. The third-order valence-corrected chi connectivity index (χ3v) is 3.74. The molecule has 0 fully saturated rings. The largest absolute Gasteiger partial charge is 0.439 e. The van der Waals surface area contributed by atoms with Crippen LogP contribution in [0.5, 0.6) is 0 Å². The highest BCUT2D eigenvalue weighted by molar-refractivity contribution is 5.97. The molecule has 0 bridgehead atoms. The number of rotatable bonds is 6. The minimum absolute atomic E-state index is 0.101. The van der Waals surface area contributed by atoms with Gasteiger partial charge in [-0.25, -0.2) is 4.98 Å². The van der Waals surface area contributed by atoms with Crippen LogP contribution in [-0.2, 0) is 11.3 Å². The molecule has 6 heteroatoms. The summed E-state index contributed by atoms with van der Waals surface area (Å²) in [4.78, 5) is 28.0. The number of hydrogen-bond acceptors (Lipinski definition) is 4. The molecule has 0 aliphatic rings. The van der Waals surface area contributed by atoms with Crippen LogP contribution in [0.1, 0.15) is 29.6 Å². The van der Waals surface area contributed by atoms with Gasteiger partial charge >= 0.3 is 0 Å². The summed E-state index contributed by atoms with van der Waals surface area (Å²) in [6.07, 6.45) is 2.02. The highest BCUT2D eigenvalue weighted by Crippen LogP contribution is 2.19. The van der Waals surface area contributed by atoms with Crippen molar-refractivity contribution in [2.45, 2.75) is 19.9 Å². The molecule has 6 nitrogen and oxygen atoms in total. The number of hydrogen-bond donors (Lipinski definition) is 2. The molecule has 1 heterocycles. The first-order chi connectivity index (χ1) is 12.7. The molecule has 0 aliphatic carbocycles. The van der Waals surface area contributed by atoms with E-state index in [1.807, 2.05) is 30.3 Å². The first kappa shape index (κ1) is 17.4. The molecular weight excluding hydrogens is 330 g/mol. The van der Waals surface area contributed by atoms with Crippen LogP contribution in [0.2, 0.25) is 0 Å². The minimum atomic E-state index is -0.267. The van der Waals surface area contributed by atoms with Crippen LogP contribution in [0.25, 0.3) is 11.3 Å². The number of carbonyl (C=O) groups is 2. The lowest BCUT2D eigenvalue weighted by Crippen LogP contribution is -2.23. The molecule has 0 saturated carbocycles. The monoisotopic (exact) mass is 349 g/mol. The van der Waals surface area contributed by atoms with Crippen LogP contribution in [-0.4, -0.2) is 16.8 Å². The molecule has 0 spiro atoms. The SMILES string of the molecule is CCC(=O)Nc1cccc(C(=O)NCc2ncc(-c3ccccc3)o2)c1. The van der Waals surface area contributed by atoms with Gasteiger partial charge in [0, 0.05) is 23.2 Å². The van der Waals surface area contributed by atoms with Crippen molar-refractivity contribution in [2.75, 3.05) is 5.32 Å². The summed E-state index contributed by atoms with van der Waals surface area (Å²) in [7, 11) is 0. The summed E-state index contributed by atoms with van der Waals surface area (Å²) in [6.45, 7) is 1.95. The maximum atomic E-state index is 12.3. The van der Waals surface area contributed by atoms with E-state index in [2.05, 4.69) is 15.6 Å². The lowest BCUT2D eigenvalue weighted by Gasteiger charge is -2.07. The van der Waals surface area contributed by atoms with Gasteiger partial charge in [0.2, 0.25) is 11.8 Å². The van der Waals surface area contributed by atoms with Crippen LogP contribution in [0.4, 0.5) is 5.69 Å². The van der Waals surface area contributed by atoms with Crippen LogP contribution in [0, 0.1) is 0 Å². The van der Waals surface area contributed by atoms with Crippen molar-refractivity contribution in [3.63, 3.8) is 0 Å². The third kappa shape index (κ3) is 4.36. The van der Waals surface area contributed by atoms with E-state index >= 15 is 0 Å². The van der Waals surface area contributed by atoms with Crippen molar-refractivity contribution in [3.05, 3.63) is 72.2 Å². The molecule has 0 radical (unpaired) electrons. The van der Waals surface area contributed by atoms with Gasteiger partial charge in [-0.1, -0.05) is 43.3 Å². The standard InChI is InChI=1S/C20H19N3O3/c1-2-18(24)23-16-10-6-9-15(11-16)20(25)22-13-19-21-12-17(26-19)14-7-4-3-5-8-14/h3-12H,2,13H2,1H3,(H,22,25)(H,23,24). The van der Waals surface area contributed by atoms with E-state index in [1.165, 1.54) is 0 Å². The summed E-state index contributed by atoms with van der Waals surface area (Å²) >= 11 is 0. The van der Waals surface area contributed by atoms with Crippen molar-refractivity contribution in [2.24, 2.45) is 0 Å². The highest BCUT2D eigenvalue weighted by atomic mass is 16.4. The number of oxazole rings is 1. The fourth-order valence-corrected chi connectivity index (χ4v) is 2.37. The Morgan fingerprint density at radius 2 is 1.88 bits per heavy atom. The lowest BCUT2D eigenvalue weighted by molar-refractivity contribution is -0.115. The van der Waals surface area contributed by atoms with Gasteiger partial charge in [-0.2, -0.15) is 0 Å². The Kier molecular flexibility index (Phi) is 5.43. The Morgan fingerprint density at radius 3 is 2.65 bits per heavy atom. The van der Waals surface area contributed by atoms with Gasteiger partial charge in [-0.05, 0) is 18.2 Å². The molecule has 2 amide bonds. The second-order valence-corrected chi connectivity index (χ2v) is 5.65. The Balaban J connectivity index is 1.62. The zero-order chi connectivity index (χ0) is 18.4. The van der Waals surface area contributed by atoms with Gasteiger partial charge in [0.1, 0.15) is 0 Å². The highest BCUT2D eigenvalue weighted by Gasteiger charge is 2.10. The van der Waals surface area contributed by atoms with Crippen LogP contribution in [0.3, 0.4) is 0 Å². The van der Waals surface area contributed by atoms with E-state index in [-0.39, 0.29) is 18.4 Å². The zero-order valence-corrected chi connectivity index (χ0v) is 14.4. The van der Waals surface area contributed by atoms with Crippen molar-refractivity contribution >= 4 is 17.5 Å². The van der Waals surface area contributed by atoms with Crippen molar-refractivity contribution in [1.82, 2.24) is 10.3 Å². The Labute approximate surface area is 151 Å². The molecule has 3 rings (SSSR count). The molecule has 0 aliphatic heterocycles. The smallest absolute Gasteiger partial charge is 0.251 e. The van der Waals surface area contributed by atoms with Gasteiger partial charge in [0.15, 0.2) is 5.76 Å². The molecule has 132 valence electrons. The third-order valence-electron chi connectivity index (χ3n) is 3.74. The first-order valence-corrected chi connectivity index (χ1v) is 8.34. The van der Waals surface area contributed by atoms with Gasteiger partial charge in [-0.15, -0.1) is 0 Å². The van der Waals surface area contributed by atoms with Crippen LogP contribution < -0.4 is 10.6 Å². The van der Waals surface area contributed by atoms with Crippen molar-refractivity contribution in [3.8, 4) is 11.3 Å². The number of aromatic nitrogens is 1. The fourth-order valence-electron chi connectivity index (χ4n) is 2.37. The molecule has 3 aromatic rings. The topological polar surface area (TPSA) is 84.2 Å². The Hall–Kier alpha value is -3.41. The van der Waals surface area contributed by atoms with Crippen LogP contribution in [0.15, 0.2) is 65.2 Å². The zero-order valence-electron chi connectivity index (χ0n) is 14.4. The quantitative estimate of drug-likeness (QED) is 0.712. The van der Waals surface area contributed by atoms with E-state index in [0.29, 0.717) is 29.3 Å². The van der Waals surface area contributed by atoms with E-state index in [0.717, 1.165) is 5.56 Å². The molecule has 0 saturated heterocycles. The summed E-state index contributed by atoms with van der Waals surface area (Å²) in [5.74, 6) is 0.708. The van der Waals surface area contributed by atoms with Crippen LogP contribution >= 0.6 is 0 Å². The lowest BCUT2D eigenvalue weighted by atomic mass is 10.2. The van der Waals surface area contributed by atoms with Crippen molar-refractivity contribution in [1.29, 1.82) is 0 Å². The maximum absolute atomic E-state index is 12.3. The predicted octanol–water partition coefficient (Wildman–Crippen LogP) is 3.62. The summed E-state index contributed by atoms with van der Waals surface area (Å²) in [5, 5.41) is 5.50. The number of carbonyl (C=O) groups excluding carboxylic acids is 2. The summed E-state index contributed by atoms with van der Waals surface area (Å²) < 4.78 is 5.66. The molecule has 26 heavy (non-hydrogen) atoms. The average Bonchev–Trinajstić information content (AvgIpc) is 3.16. The second-order valence-electron chi connectivity index (χ2n) is 5.65. The number of nitrogens with one attached hydrogen (secondary N) is 2. The fraction of sp³-hybridized carbons (Fsp3) is 0.150. The molecule has 2 N–H and O–H groups in total. The molecule has 2 aromatic carbocycles. The van der Waals surface area contributed by atoms with Gasteiger partial charge in [0.05, 0.1) is 12.7 Å². The molecule has 0 unspecified atom stereocenters. The summed E-state index contributed by atoms with van der Waals surface area (Å²) in [5.41, 5.74) is 1.97. The average molecular weight is 349 g/mol. The van der Waals surface area contributed by atoms with Crippen molar-refractivity contribution < 1.29 is 14.0 Å². The Bertz CT molecular complexity index is 903. The van der Waals surface area contributed by atoms with E-state index in [4.69, 9.17) is 4.42 Å². The number of anilines is 1. The maximum Gasteiger partial charge on any atom is 0.251 e. The minimum Gasteiger partial charge on any atom is -0.439 e. The number of benzene rings is 2. The first-order valence-electron chi connectivity index (χ1n) is 8.34. The van der Waals surface area contributed by atoms with Gasteiger partial charge < -0.3 is 15.1 Å². The second kappa shape index (κ2) is 8.11. The van der Waals surface area contributed by atoms with Gasteiger partial charge in [0.25, 0.3) is 5.91 Å². The number of amides is 2. The van der Waals surface area contributed by atoms with E-state index in [9.17, 15) is 9.59 Å². The molecule has 1 aromatic heterocycles. The normalized spacial score (nSPS) is 10.3. The Morgan fingerprint density at radius 1 is 1.08 bits per heavy atom.